The van der Waals surface area contributed by atoms with Gasteiger partial charge < -0.3 is 14.8 Å². The number of nitrogens with one attached hydrogen (secondary N) is 2. The average Bonchev–Trinajstić information content (AvgIpc) is 2.93. The quantitative estimate of drug-likeness (QED) is 0.141. The molecular weight excluding hydrogens is 510 g/mol. The lowest BCUT2D eigenvalue weighted by atomic mass is 10.1. The summed E-state index contributed by atoms with van der Waals surface area (Å²) in [5.74, 6) is -0.414. The number of para-hydroxylation sites is 1. The van der Waals surface area contributed by atoms with Gasteiger partial charge in [-0.3, -0.25) is 30.4 Å². The van der Waals surface area contributed by atoms with Crippen molar-refractivity contribution in [3.63, 3.8) is 0 Å². The first-order valence-electron chi connectivity index (χ1n) is 11.7. The van der Waals surface area contributed by atoms with E-state index in [-0.39, 0.29) is 35.9 Å². The number of rotatable bonds is 12. The van der Waals surface area contributed by atoms with Gasteiger partial charge in [0.25, 0.3) is 5.69 Å². The van der Waals surface area contributed by atoms with Crippen molar-refractivity contribution in [3.8, 4) is 5.75 Å². The number of hydrogen-bond acceptors (Lipinski definition) is 10. The Morgan fingerprint density at radius 1 is 0.949 bits per heavy atom. The van der Waals surface area contributed by atoms with Gasteiger partial charge >= 0.3 is 11.7 Å². The minimum Gasteiger partial charge on any atom is -0.497 e. The van der Waals surface area contributed by atoms with Gasteiger partial charge in [0, 0.05) is 18.1 Å². The number of non-ortho nitro benzene ring substituents is 1. The number of benzene rings is 3. The maximum atomic E-state index is 12.9. The Balaban J connectivity index is 1.88. The number of amides is 1. The van der Waals surface area contributed by atoms with Crippen LogP contribution in [0.5, 0.6) is 5.75 Å². The number of nitrogens with zero attached hydrogens (tertiary/aromatic N) is 3. The van der Waals surface area contributed by atoms with Crippen molar-refractivity contribution >= 4 is 40.3 Å². The Morgan fingerprint density at radius 3 is 2.31 bits per heavy atom. The molecule has 0 aliphatic carbocycles. The summed E-state index contributed by atoms with van der Waals surface area (Å²) < 4.78 is 10.6. The van der Waals surface area contributed by atoms with E-state index < -0.39 is 27.2 Å². The van der Waals surface area contributed by atoms with Crippen molar-refractivity contribution in [3.05, 3.63) is 98.1 Å². The van der Waals surface area contributed by atoms with Crippen LogP contribution in [0.15, 0.2) is 71.8 Å². The molecule has 0 radical (unpaired) electrons. The van der Waals surface area contributed by atoms with E-state index in [1.54, 1.807) is 42.5 Å². The third kappa shape index (κ3) is 7.58. The zero-order valence-electron chi connectivity index (χ0n) is 21.1. The first kappa shape index (κ1) is 28.2. The molecule has 0 aliphatic heterocycles. The molecule has 1 amide bonds. The second-order valence-corrected chi connectivity index (χ2v) is 8.03. The normalized spacial score (nSPS) is 10.9. The van der Waals surface area contributed by atoms with Crippen LogP contribution in [0.25, 0.3) is 0 Å². The van der Waals surface area contributed by atoms with Crippen molar-refractivity contribution in [1.82, 2.24) is 0 Å². The van der Waals surface area contributed by atoms with Crippen LogP contribution in [0.4, 0.5) is 22.7 Å². The summed E-state index contributed by atoms with van der Waals surface area (Å²) in [4.78, 5) is 46.0. The van der Waals surface area contributed by atoms with Gasteiger partial charge in [0.05, 0.1) is 34.3 Å². The van der Waals surface area contributed by atoms with Crippen LogP contribution in [0.2, 0.25) is 0 Å². The summed E-state index contributed by atoms with van der Waals surface area (Å²) in [5.41, 5.74) is 2.55. The van der Waals surface area contributed by atoms with E-state index in [1.165, 1.54) is 13.2 Å². The minimum atomic E-state index is -0.776. The van der Waals surface area contributed by atoms with Gasteiger partial charge in [-0.2, -0.15) is 5.10 Å². The van der Waals surface area contributed by atoms with E-state index in [1.807, 2.05) is 6.92 Å². The van der Waals surface area contributed by atoms with Gasteiger partial charge in [-0.15, -0.1) is 0 Å². The number of carbonyl (C=O) groups is 2. The molecule has 202 valence electrons. The molecule has 3 aromatic rings. The summed E-state index contributed by atoms with van der Waals surface area (Å²) in [7, 11) is 1.50. The molecule has 0 saturated heterocycles. The fraction of sp³-hybridized carbons (Fsp3) is 0.192. The topological polar surface area (TPSA) is 175 Å². The van der Waals surface area contributed by atoms with Crippen molar-refractivity contribution in [2.24, 2.45) is 5.10 Å². The summed E-state index contributed by atoms with van der Waals surface area (Å²) in [6.45, 7) is 1.51. The Hall–Kier alpha value is -5.33. The largest absolute Gasteiger partial charge is 0.497 e. The highest BCUT2D eigenvalue weighted by molar-refractivity contribution is 6.05. The highest BCUT2D eigenvalue weighted by Crippen LogP contribution is 2.29. The molecule has 3 rings (SSSR count). The van der Waals surface area contributed by atoms with Crippen molar-refractivity contribution < 1.29 is 28.9 Å². The lowest BCUT2D eigenvalue weighted by Gasteiger charge is -2.13. The third-order valence-electron chi connectivity index (χ3n) is 5.36. The molecular formula is C26H25N5O8. The molecule has 0 atom stereocenters. The second kappa shape index (κ2) is 13.3. The molecule has 0 saturated carbocycles. The first-order valence-corrected chi connectivity index (χ1v) is 11.7. The van der Waals surface area contributed by atoms with Crippen LogP contribution >= 0.6 is 0 Å². The maximum absolute atomic E-state index is 12.9. The average molecular weight is 536 g/mol. The van der Waals surface area contributed by atoms with Crippen LogP contribution in [-0.4, -0.2) is 41.2 Å². The highest BCUT2D eigenvalue weighted by Gasteiger charge is 2.20. The number of methoxy groups -OCH3 is 1. The Labute approximate surface area is 222 Å². The number of nitro benzene ring substituents is 2. The number of hydrazone groups is 1. The minimum absolute atomic E-state index is 0.105. The summed E-state index contributed by atoms with van der Waals surface area (Å²) >= 11 is 0. The maximum Gasteiger partial charge on any atom is 0.340 e. The predicted molar refractivity (Wildman–Crippen MR) is 143 cm³/mol. The number of anilines is 2. The van der Waals surface area contributed by atoms with Crippen LogP contribution in [0.3, 0.4) is 0 Å². The first-order chi connectivity index (χ1) is 18.7. The zero-order chi connectivity index (χ0) is 28.4. The molecule has 39 heavy (non-hydrogen) atoms. The number of hydrogen-bond donors (Lipinski definition) is 2. The molecule has 0 fully saturated rings. The standard InChI is InChI=1S/C26H25N5O8/c1-3-6-25(32)27-21-8-5-4-7-20(21)26(33)39-16-23(17-9-12-19(38-2)13-10-17)29-28-22-14-11-18(30(34)35)15-24(22)31(36)37/h4-5,7-15,28H,3,6,16H2,1-2H3,(H,27,32). The van der Waals surface area contributed by atoms with E-state index in [0.717, 1.165) is 18.2 Å². The number of esters is 1. The summed E-state index contributed by atoms with van der Waals surface area (Å²) in [5, 5.41) is 29.4. The van der Waals surface area contributed by atoms with Gasteiger partial charge in [0.15, 0.2) is 0 Å². The lowest BCUT2D eigenvalue weighted by molar-refractivity contribution is -0.393. The molecule has 0 heterocycles. The van der Waals surface area contributed by atoms with Gasteiger partial charge in [-0.1, -0.05) is 19.1 Å². The zero-order valence-corrected chi connectivity index (χ0v) is 21.1. The molecule has 13 nitrogen and oxygen atoms in total. The smallest absolute Gasteiger partial charge is 0.340 e. The van der Waals surface area contributed by atoms with Crippen molar-refractivity contribution in [2.45, 2.75) is 19.8 Å². The van der Waals surface area contributed by atoms with Crippen LogP contribution in [0.1, 0.15) is 35.7 Å². The molecule has 0 bridgehead atoms. The van der Waals surface area contributed by atoms with E-state index in [4.69, 9.17) is 9.47 Å². The van der Waals surface area contributed by atoms with Crippen LogP contribution in [0, 0.1) is 20.2 Å². The van der Waals surface area contributed by atoms with E-state index in [2.05, 4.69) is 15.8 Å². The predicted octanol–water partition coefficient (Wildman–Crippen LogP) is 4.92. The monoisotopic (exact) mass is 535 g/mol. The number of ether oxygens (including phenoxy) is 2. The Kier molecular flexibility index (Phi) is 9.62. The molecule has 0 aromatic heterocycles. The fourth-order valence-corrected chi connectivity index (χ4v) is 3.39. The molecule has 2 N–H and O–H groups in total. The molecule has 0 spiro atoms. The fourth-order valence-electron chi connectivity index (χ4n) is 3.39. The lowest BCUT2D eigenvalue weighted by Crippen LogP contribution is -2.19. The van der Waals surface area contributed by atoms with Gasteiger partial charge in [-0.25, -0.2) is 4.79 Å². The number of carbonyl (C=O) groups excluding carboxylic acids is 2. The van der Waals surface area contributed by atoms with E-state index in [0.29, 0.717) is 23.4 Å². The number of nitro groups is 2. The summed E-state index contributed by atoms with van der Waals surface area (Å²) in [6, 6.07) is 16.1. The van der Waals surface area contributed by atoms with Gasteiger partial charge in [-0.05, 0) is 48.9 Å². The van der Waals surface area contributed by atoms with Crippen molar-refractivity contribution in [1.29, 1.82) is 0 Å². The Morgan fingerprint density at radius 2 is 1.67 bits per heavy atom. The SMILES string of the molecule is CCCC(=O)Nc1ccccc1C(=O)OCC(=NNc1ccc([N+](=O)[O-])cc1[N+](=O)[O-])c1ccc(OC)cc1. The van der Waals surface area contributed by atoms with E-state index >= 15 is 0 Å². The molecule has 0 aliphatic rings. The molecule has 13 heteroatoms. The third-order valence-corrected chi connectivity index (χ3v) is 5.36. The Bertz CT molecular complexity index is 1410. The van der Waals surface area contributed by atoms with E-state index in [9.17, 15) is 29.8 Å². The summed E-state index contributed by atoms with van der Waals surface area (Å²) in [6.07, 6.45) is 0.929. The highest BCUT2D eigenvalue weighted by atomic mass is 16.6. The van der Waals surface area contributed by atoms with Crippen LogP contribution < -0.4 is 15.5 Å². The van der Waals surface area contributed by atoms with Crippen LogP contribution in [-0.2, 0) is 9.53 Å². The van der Waals surface area contributed by atoms with Crippen molar-refractivity contribution in [2.75, 3.05) is 24.5 Å². The van der Waals surface area contributed by atoms with Gasteiger partial charge in [0.2, 0.25) is 5.91 Å². The van der Waals surface area contributed by atoms with Gasteiger partial charge in [0.1, 0.15) is 23.8 Å². The molecule has 0 unspecified atom stereocenters. The molecule has 3 aromatic carbocycles. The second-order valence-electron chi connectivity index (χ2n) is 8.03.